The third-order valence-electron chi connectivity index (χ3n) is 8.27. The van der Waals surface area contributed by atoms with Crippen molar-refractivity contribution >= 4 is 28.8 Å². The van der Waals surface area contributed by atoms with Crippen LogP contribution in [0.1, 0.15) is 59.8 Å². The zero-order valence-electron chi connectivity index (χ0n) is 21.7. The van der Waals surface area contributed by atoms with Crippen molar-refractivity contribution < 1.29 is 14.0 Å². The van der Waals surface area contributed by atoms with Gasteiger partial charge in [-0.15, -0.1) is 0 Å². The molecular weight excluding hydrogens is 481 g/mol. The number of hydrogen-bond donors (Lipinski definition) is 2. The van der Waals surface area contributed by atoms with Crippen LogP contribution in [-0.4, -0.2) is 39.9 Å². The number of carbonyl (C=O) groups excluding carboxylic acids is 2. The fraction of sp³-hybridized carbons (Fsp3) is 0.333. The van der Waals surface area contributed by atoms with Crippen molar-refractivity contribution in [3.8, 4) is 0 Å². The lowest BCUT2D eigenvalue weighted by atomic mass is 9.82. The van der Waals surface area contributed by atoms with Crippen LogP contribution in [-0.2, 0) is 18.3 Å². The fourth-order valence-electron chi connectivity index (χ4n) is 6.24. The molecule has 2 N–H and O–H groups in total. The van der Waals surface area contributed by atoms with Crippen LogP contribution in [0.3, 0.4) is 0 Å². The van der Waals surface area contributed by atoms with Crippen LogP contribution in [0.15, 0.2) is 65.3 Å². The quantitative estimate of drug-likeness (QED) is 0.504. The first kappa shape index (κ1) is 24.3. The summed E-state index contributed by atoms with van der Waals surface area (Å²) in [6.07, 6.45) is 4.13. The number of benzene rings is 2. The number of aliphatic imine (C=N–C) groups is 1. The lowest BCUT2D eigenvalue weighted by molar-refractivity contribution is -0.118. The van der Waals surface area contributed by atoms with Crippen molar-refractivity contribution in [3.05, 3.63) is 88.5 Å². The zero-order valence-corrected chi connectivity index (χ0v) is 21.7. The van der Waals surface area contributed by atoms with Gasteiger partial charge in [-0.25, -0.2) is 4.39 Å². The van der Waals surface area contributed by atoms with Crippen molar-refractivity contribution in [2.45, 2.75) is 45.1 Å². The third kappa shape index (κ3) is 4.14. The maximum atomic E-state index is 14.1. The summed E-state index contributed by atoms with van der Waals surface area (Å²) in [7, 11) is 1.69. The Labute approximate surface area is 220 Å². The van der Waals surface area contributed by atoms with Gasteiger partial charge in [-0.05, 0) is 91.1 Å². The molecule has 2 amide bonds. The van der Waals surface area contributed by atoms with Gasteiger partial charge in [0.2, 0.25) is 5.91 Å². The van der Waals surface area contributed by atoms with Gasteiger partial charge in [0.15, 0.2) is 0 Å². The molecule has 1 saturated carbocycles. The number of fused-ring (bicyclic) bond motifs is 1. The first-order chi connectivity index (χ1) is 18.3. The largest absolute Gasteiger partial charge is 0.338 e. The lowest BCUT2D eigenvalue weighted by Crippen LogP contribution is -2.49. The summed E-state index contributed by atoms with van der Waals surface area (Å²) >= 11 is 0. The average molecular weight is 512 g/mol. The first-order valence-corrected chi connectivity index (χ1v) is 13.0. The average Bonchev–Trinajstić information content (AvgIpc) is 3.21. The van der Waals surface area contributed by atoms with Gasteiger partial charge >= 0.3 is 0 Å². The molecule has 3 aromatic rings. The number of halogens is 1. The number of hydrogen-bond acceptors (Lipinski definition) is 4. The number of aromatic nitrogens is 2. The standard InChI is InChI=1S/C30H30FN5O2/c1-17-16-32-18(2)25(17)19-4-7-22(8-5-19)34-29(38)27(35-28(37)24-10-13-33-36(24)3)26-23-9-6-21(31)14-20(23)15-30(26)11-12-30/h4-10,13-14,26-27H,11-12,15-16H2,1-3H3,(H,34,38)(H,35,37)/t26?,27-/m0/s1. The molecule has 8 heteroatoms. The molecule has 3 aliphatic rings. The lowest BCUT2D eigenvalue weighted by Gasteiger charge is -2.29. The highest BCUT2D eigenvalue weighted by atomic mass is 19.1. The van der Waals surface area contributed by atoms with Crippen molar-refractivity contribution in [3.63, 3.8) is 0 Å². The van der Waals surface area contributed by atoms with E-state index >= 15 is 0 Å². The predicted octanol–water partition coefficient (Wildman–Crippen LogP) is 4.66. The summed E-state index contributed by atoms with van der Waals surface area (Å²) in [5, 5.41) is 10.1. The van der Waals surface area contributed by atoms with Crippen LogP contribution < -0.4 is 10.6 Å². The SMILES string of the molecule is CC1=NCC(C)=C1c1ccc(NC(=O)[C@@H](NC(=O)c2ccnn2C)C2c3ccc(F)cc3CC23CC3)cc1. The predicted molar refractivity (Wildman–Crippen MR) is 145 cm³/mol. The molecule has 0 radical (unpaired) electrons. The second-order valence-electron chi connectivity index (χ2n) is 10.8. The highest BCUT2D eigenvalue weighted by Crippen LogP contribution is 2.64. The molecule has 0 saturated heterocycles. The fourth-order valence-corrected chi connectivity index (χ4v) is 6.24. The zero-order chi connectivity index (χ0) is 26.6. The summed E-state index contributed by atoms with van der Waals surface area (Å²) in [6.45, 7) is 4.81. The van der Waals surface area contributed by atoms with E-state index in [9.17, 15) is 14.0 Å². The van der Waals surface area contributed by atoms with Crippen LogP contribution in [0.2, 0.25) is 0 Å². The molecule has 2 atom stereocenters. The summed E-state index contributed by atoms with van der Waals surface area (Å²) in [5.41, 5.74) is 7.17. The van der Waals surface area contributed by atoms with E-state index in [1.807, 2.05) is 31.2 Å². The number of amides is 2. The molecule has 2 aliphatic carbocycles. The van der Waals surface area contributed by atoms with Crippen molar-refractivity contribution in [1.29, 1.82) is 0 Å². The van der Waals surface area contributed by atoms with Crippen LogP contribution in [0, 0.1) is 11.2 Å². The molecule has 6 rings (SSSR count). The van der Waals surface area contributed by atoms with Gasteiger partial charge in [0.05, 0.1) is 6.54 Å². The van der Waals surface area contributed by atoms with E-state index in [0.717, 1.165) is 40.8 Å². The molecule has 0 bridgehead atoms. The van der Waals surface area contributed by atoms with Crippen molar-refractivity contribution in [2.75, 3.05) is 11.9 Å². The van der Waals surface area contributed by atoms with E-state index in [0.29, 0.717) is 24.3 Å². The Balaban J connectivity index is 1.31. The summed E-state index contributed by atoms with van der Waals surface area (Å²) in [4.78, 5) is 31.7. The first-order valence-electron chi connectivity index (χ1n) is 13.0. The summed E-state index contributed by atoms with van der Waals surface area (Å²) in [5.74, 6) is -1.20. The second-order valence-corrected chi connectivity index (χ2v) is 10.8. The number of nitrogens with zero attached hydrogens (tertiary/aromatic N) is 3. The van der Waals surface area contributed by atoms with Gasteiger partial charge in [-0.3, -0.25) is 19.3 Å². The van der Waals surface area contributed by atoms with E-state index in [4.69, 9.17) is 0 Å². The van der Waals surface area contributed by atoms with E-state index in [1.165, 1.54) is 16.3 Å². The van der Waals surface area contributed by atoms with E-state index < -0.39 is 6.04 Å². The number of nitrogens with one attached hydrogen (secondary N) is 2. The Bertz CT molecular complexity index is 1510. The van der Waals surface area contributed by atoms with Crippen LogP contribution >= 0.6 is 0 Å². The molecule has 1 unspecified atom stereocenters. The molecule has 1 aliphatic heterocycles. The highest BCUT2D eigenvalue weighted by Gasteiger charge is 2.58. The van der Waals surface area contributed by atoms with Gasteiger partial charge in [-0.2, -0.15) is 5.10 Å². The molecule has 1 fully saturated rings. The second kappa shape index (κ2) is 9.04. The van der Waals surface area contributed by atoms with Gasteiger partial charge in [0, 0.05) is 36.1 Å². The smallest absolute Gasteiger partial charge is 0.270 e. The van der Waals surface area contributed by atoms with Crippen molar-refractivity contribution in [2.24, 2.45) is 17.5 Å². The maximum Gasteiger partial charge on any atom is 0.270 e. The van der Waals surface area contributed by atoms with E-state index in [2.05, 4.69) is 27.6 Å². The Morgan fingerprint density at radius 2 is 1.87 bits per heavy atom. The van der Waals surface area contributed by atoms with Gasteiger partial charge in [0.1, 0.15) is 17.6 Å². The van der Waals surface area contributed by atoms with Crippen LogP contribution in [0.4, 0.5) is 10.1 Å². The van der Waals surface area contributed by atoms with Gasteiger partial charge < -0.3 is 10.6 Å². The molecule has 1 aromatic heterocycles. The number of carbonyl (C=O) groups is 2. The number of aryl methyl sites for hydroxylation is 1. The maximum absolute atomic E-state index is 14.1. The molecule has 1 spiro atoms. The Kier molecular flexibility index (Phi) is 5.78. The molecule has 2 aromatic carbocycles. The topological polar surface area (TPSA) is 88.4 Å². The van der Waals surface area contributed by atoms with Crippen molar-refractivity contribution in [1.82, 2.24) is 15.1 Å². The molecular formula is C30H30FN5O2. The van der Waals surface area contributed by atoms with Crippen LogP contribution in [0.25, 0.3) is 5.57 Å². The number of anilines is 1. The monoisotopic (exact) mass is 511 g/mol. The number of allylic oxidation sites excluding steroid dienone is 1. The Morgan fingerprint density at radius 1 is 1.11 bits per heavy atom. The van der Waals surface area contributed by atoms with Gasteiger partial charge in [0.25, 0.3) is 5.91 Å². The Hall–Kier alpha value is -4.07. The van der Waals surface area contributed by atoms with E-state index in [-0.39, 0.29) is 29.0 Å². The third-order valence-corrected chi connectivity index (χ3v) is 8.27. The minimum atomic E-state index is -0.833. The number of rotatable bonds is 6. The minimum absolute atomic E-state index is 0.148. The highest BCUT2D eigenvalue weighted by molar-refractivity contribution is 6.25. The van der Waals surface area contributed by atoms with Gasteiger partial charge in [-0.1, -0.05) is 18.2 Å². The summed E-state index contributed by atoms with van der Waals surface area (Å²) < 4.78 is 15.6. The van der Waals surface area contributed by atoms with Crippen LogP contribution in [0.5, 0.6) is 0 Å². The molecule has 194 valence electrons. The molecule has 38 heavy (non-hydrogen) atoms. The molecule has 2 heterocycles. The minimum Gasteiger partial charge on any atom is -0.338 e. The summed E-state index contributed by atoms with van der Waals surface area (Å²) in [6, 6.07) is 13.3. The van der Waals surface area contributed by atoms with E-state index in [1.54, 1.807) is 31.4 Å². The normalized spacial score (nSPS) is 19.8. The Morgan fingerprint density at radius 3 is 2.50 bits per heavy atom. The molecule has 7 nitrogen and oxygen atoms in total.